The van der Waals surface area contributed by atoms with Crippen molar-refractivity contribution < 1.29 is 9.53 Å². The second-order valence-corrected chi connectivity index (χ2v) is 6.02. The number of halogens is 1. The highest BCUT2D eigenvalue weighted by Crippen LogP contribution is 2.30. The number of hydrogen-bond donors (Lipinski definition) is 0. The Kier molecular flexibility index (Phi) is 5.24. The summed E-state index contributed by atoms with van der Waals surface area (Å²) in [6.07, 6.45) is 5.35. The van der Waals surface area contributed by atoms with E-state index < -0.39 is 0 Å². The SMILES string of the molecule is C=CCC1CCN(c2cc(Br)ccc2C(=O)OC)CC1. The molecular weight excluding hydrogens is 318 g/mol. The molecule has 1 aromatic carbocycles. The Balaban J connectivity index is 2.18. The molecule has 1 aliphatic rings. The molecule has 0 amide bonds. The van der Waals surface area contributed by atoms with Crippen LogP contribution in [0.3, 0.4) is 0 Å². The summed E-state index contributed by atoms with van der Waals surface area (Å²) in [4.78, 5) is 14.2. The Bertz CT molecular complexity index is 493. The van der Waals surface area contributed by atoms with Crippen LogP contribution in [0, 0.1) is 5.92 Å². The minimum absolute atomic E-state index is 0.277. The van der Waals surface area contributed by atoms with Crippen molar-refractivity contribution in [1.29, 1.82) is 0 Å². The number of nitrogens with zero attached hydrogens (tertiary/aromatic N) is 1. The molecule has 3 nitrogen and oxygen atoms in total. The fraction of sp³-hybridized carbons (Fsp3) is 0.438. The lowest BCUT2D eigenvalue weighted by atomic mass is 9.93. The summed E-state index contributed by atoms with van der Waals surface area (Å²) in [7, 11) is 1.42. The van der Waals surface area contributed by atoms with E-state index in [4.69, 9.17) is 4.74 Å². The van der Waals surface area contributed by atoms with Crippen molar-refractivity contribution in [2.45, 2.75) is 19.3 Å². The summed E-state index contributed by atoms with van der Waals surface area (Å²) < 4.78 is 5.85. The molecule has 0 atom stereocenters. The molecule has 0 unspecified atom stereocenters. The zero-order chi connectivity index (χ0) is 14.5. The standard InChI is InChI=1S/C16H20BrNO2/c1-3-4-12-7-9-18(10-8-12)15-11-13(17)5-6-14(15)16(19)20-2/h3,5-6,11-12H,1,4,7-10H2,2H3. The average molecular weight is 338 g/mol. The van der Waals surface area contributed by atoms with Crippen molar-refractivity contribution in [2.24, 2.45) is 5.92 Å². The fourth-order valence-corrected chi connectivity index (χ4v) is 3.04. The minimum Gasteiger partial charge on any atom is -0.465 e. The van der Waals surface area contributed by atoms with E-state index in [9.17, 15) is 4.79 Å². The first-order chi connectivity index (χ1) is 9.65. The largest absolute Gasteiger partial charge is 0.465 e. The molecule has 0 saturated carbocycles. The highest BCUT2D eigenvalue weighted by molar-refractivity contribution is 9.10. The molecule has 2 rings (SSSR count). The lowest BCUT2D eigenvalue weighted by Gasteiger charge is -2.34. The molecule has 0 bridgehead atoms. The van der Waals surface area contributed by atoms with Crippen LogP contribution >= 0.6 is 15.9 Å². The van der Waals surface area contributed by atoms with E-state index in [0.717, 1.165) is 48.4 Å². The number of methoxy groups -OCH3 is 1. The van der Waals surface area contributed by atoms with Gasteiger partial charge in [-0.25, -0.2) is 4.79 Å². The molecule has 1 heterocycles. The molecule has 0 aliphatic carbocycles. The Morgan fingerprint density at radius 1 is 1.50 bits per heavy atom. The first kappa shape index (κ1) is 15.1. The van der Waals surface area contributed by atoms with Crippen LogP contribution in [0.2, 0.25) is 0 Å². The van der Waals surface area contributed by atoms with Gasteiger partial charge in [0.15, 0.2) is 0 Å². The normalized spacial score (nSPS) is 16.0. The predicted molar refractivity (Wildman–Crippen MR) is 85.2 cm³/mol. The number of allylic oxidation sites excluding steroid dienone is 1. The number of carbonyl (C=O) groups excluding carboxylic acids is 1. The van der Waals surface area contributed by atoms with E-state index in [-0.39, 0.29) is 5.97 Å². The maximum Gasteiger partial charge on any atom is 0.339 e. The van der Waals surface area contributed by atoms with Gasteiger partial charge in [0, 0.05) is 17.6 Å². The Morgan fingerprint density at radius 3 is 2.80 bits per heavy atom. The van der Waals surface area contributed by atoms with Gasteiger partial charge in [0.1, 0.15) is 0 Å². The average Bonchev–Trinajstić information content (AvgIpc) is 2.47. The Morgan fingerprint density at radius 2 is 2.20 bits per heavy atom. The third kappa shape index (κ3) is 3.42. The van der Waals surface area contributed by atoms with Crippen molar-refractivity contribution >= 4 is 27.6 Å². The second kappa shape index (κ2) is 6.93. The van der Waals surface area contributed by atoms with Crippen molar-refractivity contribution in [3.63, 3.8) is 0 Å². The summed E-state index contributed by atoms with van der Waals surface area (Å²) in [6, 6.07) is 5.70. The molecule has 108 valence electrons. The Hall–Kier alpha value is -1.29. The molecule has 0 spiro atoms. The van der Waals surface area contributed by atoms with E-state index in [1.165, 1.54) is 7.11 Å². The van der Waals surface area contributed by atoms with E-state index in [1.807, 2.05) is 24.3 Å². The number of anilines is 1. The topological polar surface area (TPSA) is 29.5 Å². The van der Waals surface area contributed by atoms with Crippen LogP contribution in [0.1, 0.15) is 29.6 Å². The number of hydrogen-bond acceptors (Lipinski definition) is 3. The molecule has 1 aliphatic heterocycles. The van der Waals surface area contributed by atoms with Gasteiger partial charge in [-0.3, -0.25) is 0 Å². The molecule has 0 radical (unpaired) electrons. The third-order valence-corrected chi connectivity index (χ3v) is 4.31. The van der Waals surface area contributed by atoms with E-state index in [1.54, 1.807) is 0 Å². The summed E-state index contributed by atoms with van der Waals surface area (Å²) >= 11 is 3.48. The molecule has 0 N–H and O–H groups in total. The molecule has 20 heavy (non-hydrogen) atoms. The first-order valence-electron chi connectivity index (χ1n) is 6.89. The minimum atomic E-state index is -0.277. The zero-order valence-electron chi connectivity index (χ0n) is 11.8. The lowest BCUT2D eigenvalue weighted by molar-refractivity contribution is 0.0601. The summed E-state index contributed by atoms with van der Waals surface area (Å²) in [6.45, 7) is 5.75. The molecular formula is C16H20BrNO2. The number of rotatable bonds is 4. The summed E-state index contributed by atoms with van der Waals surface area (Å²) in [5.74, 6) is 0.443. The molecule has 1 fully saturated rings. The van der Waals surface area contributed by atoms with Gasteiger partial charge >= 0.3 is 5.97 Å². The van der Waals surface area contributed by atoms with Crippen LogP contribution in [-0.4, -0.2) is 26.2 Å². The van der Waals surface area contributed by atoms with Crippen molar-refractivity contribution in [3.8, 4) is 0 Å². The quantitative estimate of drug-likeness (QED) is 0.613. The van der Waals surface area contributed by atoms with Gasteiger partial charge in [0.25, 0.3) is 0 Å². The summed E-state index contributed by atoms with van der Waals surface area (Å²) in [5.41, 5.74) is 1.60. The number of piperidine rings is 1. The lowest BCUT2D eigenvalue weighted by Crippen LogP contribution is -2.34. The monoisotopic (exact) mass is 337 g/mol. The Labute approximate surface area is 128 Å². The van der Waals surface area contributed by atoms with Gasteiger partial charge in [0.2, 0.25) is 0 Å². The van der Waals surface area contributed by atoms with E-state index in [2.05, 4.69) is 27.4 Å². The molecule has 1 aromatic rings. The predicted octanol–water partition coefficient (Wildman–Crippen LogP) is 4.03. The summed E-state index contributed by atoms with van der Waals surface area (Å²) in [5, 5.41) is 0. The number of esters is 1. The van der Waals surface area contributed by atoms with Crippen LogP contribution in [0.25, 0.3) is 0 Å². The second-order valence-electron chi connectivity index (χ2n) is 5.11. The van der Waals surface area contributed by atoms with Gasteiger partial charge in [-0.15, -0.1) is 6.58 Å². The molecule has 4 heteroatoms. The maximum absolute atomic E-state index is 11.9. The van der Waals surface area contributed by atoms with Gasteiger partial charge in [-0.2, -0.15) is 0 Å². The number of carbonyl (C=O) groups is 1. The van der Waals surface area contributed by atoms with E-state index in [0.29, 0.717) is 5.56 Å². The van der Waals surface area contributed by atoms with Crippen molar-refractivity contribution in [2.75, 3.05) is 25.1 Å². The highest BCUT2D eigenvalue weighted by Gasteiger charge is 2.22. The van der Waals surface area contributed by atoms with Crippen LogP contribution in [0.15, 0.2) is 35.3 Å². The van der Waals surface area contributed by atoms with Crippen molar-refractivity contribution in [3.05, 3.63) is 40.9 Å². The van der Waals surface area contributed by atoms with Gasteiger partial charge in [-0.1, -0.05) is 22.0 Å². The van der Waals surface area contributed by atoms with Gasteiger partial charge in [-0.05, 0) is 43.4 Å². The van der Waals surface area contributed by atoms with Crippen LogP contribution in [0.4, 0.5) is 5.69 Å². The zero-order valence-corrected chi connectivity index (χ0v) is 13.4. The van der Waals surface area contributed by atoms with Crippen LogP contribution in [-0.2, 0) is 4.74 Å². The fourth-order valence-electron chi connectivity index (χ4n) is 2.69. The third-order valence-electron chi connectivity index (χ3n) is 3.82. The van der Waals surface area contributed by atoms with Crippen LogP contribution in [0.5, 0.6) is 0 Å². The highest BCUT2D eigenvalue weighted by atomic mass is 79.9. The number of ether oxygens (including phenoxy) is 1. The smallest absolute Gasteiger partial charge is 0.339 e. The number of benzene rings is 1. The van der Waals surface area contributed by atoms with E-state index >= 15 is 0 Å². The first-order valence-corrected chi connectivity index (χ1v) is 7.68. The molecule has 1 saturated heterocycles. The molecule has 0 aromatic heterocycles. The van der Waals surface area contributed by atoms with Crippen molar-refractivity contribution in [1.82, 2.24) is 0 Å². The van der Waals surface area contributed by atoms with Gasteiger partial charge < -0.3 is 9.64 Å². The van der Waals surface area contributed by atoms with Crippen LogP contribution < -0.4 is 4.90 Å². The maximum atomic E-state index is 11.9. The van der Waals surface area contributed by atoms with Gasteiger partial charge in [0.05, 0.1) is 18.4 Å².